The minimum Gasteiger partial charge on any atom is -0.374 e. The number of rotatable bonds is 2. The first kappa shape index (κ1) is 11.9. The minimum atomic E-state index is 0.334. The molecule has 0 saturated heterocycles. The van der Waals surface area contributed by atoms with Crippen molar-refractivity contribution in [3.63, 3.8) is 0 Å². The van der Waals surface area contributed by atoms with E-state index < -0.39 is 0 Å². The van der Waals surface area contributed by atoms with Gasteiger partial charge in [-0.05, 0) is 25.2 Å². The van der Waals surface area contributed by atoms with Crippen molar-refractivity contribution in [2.45, 2.75) is 69.9 Å². The SMILES string of the molecule is CC1CCCC(OC2CC(Br)C2(C)C)C1. The summed E-state index contributed by atoms with van der Waals surface area (Å²) < 4.78 is 6.25. The molecule has 0 aromatic rings. The minimum absolute atomic E-state index is 0.334. The van der Waals surface area contributed by atoms with Gasteiger partial charge in [0.25, 0.3) is 0 Å². The van der Waals surface area contributed by atoms with Crippen LogP contribution in [0.3, 0.4) is 0 Å². The van der Waals surface area contributed by atoms with E-state index in [2.05, 4.69) is 36.7 Å². The summed E-state index contributed by atoms with van der Waals surface area (Å²) in [4.78, 5) is 0.649. The number of alkyl halides is 1. The number of hydrogen-bond donors (Lipinski definition) is 0. The summed E-state index contributed by atoms with van der Waals surface area (Å²) >= 11 is 3.72. The number of ether oxygens (including phenoxy) is 1. The van der Waals surface area contributed by atoms with Gasteiger partial charge in [0.2, 0.25) is 0 Å². The summed E-state index contributed by atoms with van der Waals surface area (Å²) in [5, 5.41) is 0. The van der Waals surface area contributed by atoms with Crippen LogP contribution < -0.4 is 0 Å². The van der Waals surface area contributed by atoms with E-state index in [0.29, 0.717) is 22.5 Å². The zero-order valence-corrected chi connectivity index (χ0v) is 11.7. The van der Waals surface area contributed by atoms with Crippen molar-refractivity contribution in [2.75, 3.05) is 0 Å². The molecule has 2 rings (SSSR count). The summed E-state index contributed by atoms with van der Waals surface area (Å²) in [6.07, 6.45) is 7.53. The molecular formula is C13H23BrO. The van der Waals surface area contributed by atoms with Crippen LogP contribution in [0.1, 0.15) is 52.9 Å². The van der Waals surface area contributed by atoms with Gasteiger partial charge in [0.15, 0.2) is 0 Å². The van der Waals surface area contributed by atoms with Crippen molar-refractivity contribution in [3.8, 4) is 0 Å². The Bertz CT molecular complexity index is 227. The molecule has 88 valence electrons. The van der Waals surface area contributed by atoms with E-state index >= 15 is 0 Å². The summed E-state index contributed by atoms with van der Waals surface area (Å²) in [5.41, 5.74) is 0.334. The highest BCUT2D eigenvalue weighted by Crippen LogP contribution is 2.48. The van der Waals surface area contributed by atoms with Crippen LogP contribution in [-0.2, 0) is 4.74 Å². The smallest absolute Gasteiger partial charge is 0.0651 e. The zero-order valence-electron chi connectivity index (χ0n) is 10.1. The molecule has 15 heavy (non-hydrogen) atoms. The fourth-order valence-corrected chi connectivity index (χ4v) is 3.44. The predicted octanol–water partition coefficient (Wildman–Crippen LogP) is 4.14. The largest absolute Gasteiger partial charge is 0.374 e. The molecule has 4 unspecified atom stereocenters. The molecule has 2 heteroatoms. The molecule has 0 amide bonds. The van der Waals surface area contributed by atoms with E-state index in [4.69, 9.17) is 4.74 Å². The van der Waals surface area contributed by atoms with Gasteiger partial charge < -0.3 is 4.74 Å². The quantitative estimate of drug-likeness (QED) is 0.688. The molecule has 2 fully saturated rings. The Hall–Kier alpha value is 0.440. The molecule has 0 aliphatic heterocycles. The Labute approximate surface area is 102 Å². The predicted molar refractivity (Wildman–Crippen MR) is 67.4 cm³/mol. The van der Waals surface area contributed by atoms with Gasteiger partial charge in [0.05, 0.1) is 12.2 Å². The van der Waals surface area contributed by atoms with Crippen LogP contribution in [-0.4, -0.2) is 17.0 Å². The lowest BCUT2D eigenvalue weighted by Crippen LogP contribution is -2.53. The van der Waals surface area contributed by atoms with E-state index in [1.165, 1.54) is 32.1 Å². The molecular weight excluding hydrogens is 252 g/mol. The van der Waals surface area contributed by atoms with Crippen LogP contribution in [0, 0.1) is 11.3 Å². The van der Waals surface area contributed by atoms with E-state index in [1.807, 2.05) is 0 Å². The molecule has 2 aliphatic rings. The Morgan fingerprint density at radius 2 is 1.93 bits per heavy atom. The maximum absolute atomic E-state index is 6.25. The maximum atomic E-state index is 6.25. The van der Waals surface area contributed by atoms with E-state index in [1.54, 1.807) is 0 Å². The summed E-state index contributed by atoms with van der Waals surface area (Å²) in [6, 6.07) is 0. The lowest BCUT2D eigenvalue weighted by atomic mass is 9.69. The maximum Gasteiger partial charge on any atom is 0.0651 e. The molecule has 4 atom stereocenters. The van der Waals surface area contributed by atoms with E-state index in [9.17, 15) is 0 Å². The molecule has 0 aromatic heterocycles. The third kappa shape index (κ3) is 2.41. The normalized spacial score (nSPS) is 44.8. The second-order valence-electron chi connectivity index (χ2n) is 6.04. The van der Waals surface area contributed by atoms with Crippen LogP contribution >= 0.6 is 15.9 Å². The molecule has 0 spiro atoms. The van der Waals surface area contributed by atoms with Crippen LogP contribution in [0.2, 0.25) is 0 Å². The Morgan fingerprint density at radius 3 is 2.47 bits per heavy atom. The highest BCUT2D eigenvalue weighted by atomic mass is 79.9. The molecule has 0 bridgehead atoms. The lowest BCUT2D eigenvalue weighted by molar-refractivity contribution is -0.133. The highest BCUT2D eigenvalue weighted by molar-refractivity contribution is 9.09. The lowest BCUT2D eigenvalue weighted by Gasteiger charge is -2.50. The topological polar surface area (TPSA) is 9.23 Å². The van der Waals surface area contributed by atoms with Crippen molar-refractivity contribution in [1.82, 2.24) is 0 Å². The van der Waals surface area contributed by atoms with Gasteiger partial charge in [-0.15, -0.1) is 0 Å². The van der Waals surface area contributed by atoms with Crippen molar-refractivity contribution < 1.29 is 4.74 Å². The second kappa shape index (κ2) is 4.37. The summed E-state index contributed by atoms with van der Waals surface area (Å²) in [7, 11) is 0. The first-order chi connectivity index (χ1) is 7.00. The van der Waals surface area contributed by atoms with E-state index in [0.717, 1.165) is 5.92 Å². The summed E-state index contributed by atoms with van der Waals surface area (Å²) in [6.45, 7) is 6.98. The number of hydrogen-bond acceptors (Lipinski definition) is 1. The molecule has 0 aromatic carbocycles. The monoisotopic (exact) mass is 274 g/mol. The van der Waals surface area contributed by atoms with Gasteiger partial charge in [-0.3, -0.25) is 0 Å². The fourth-order valence-electron chi connectivity index (χ4n) is 2.80. The van der Waals surface area contributed by atoms with Crippen LogP contribution in [0.5, 0.6) is 0 Å². The zero-order chi connectivity index (χ0) is 11.1. The Balaban J connectivity index is 1.82. The van der Waals surface area contributed by atoms with Crippen molar-refractivity contribution in [2.24, 2.45) is 11.3 Å². The standard InChI is InChI=1S/C13H23BrO/c1-9-5-4-6-10(7-9)15-12-8-11(14)13(12,2)3/h9-12H,4-8H2,1-3H3. The number of halogens is 1. The Kier molecular flexibility index (Phi) is 3.47. The average molecular weight is 275 g/mol. The van der Waals surface area contributed by atoms with Gasteiger partial charge in [-0.1, -0.05) is 49.5 Å². The van der Waals surface area contributed by atoms with Crippen molar-refractivity contribution >= 4 is 15.9 Å². The highest BCUT2D eigenvalue weighted by Gasteiger charge is 2.48. The molecule has 1 nitrogen and oxygen atoms in total. The van der Waals surface area contributed by atoms with Crippen molar-refractivity contribution in [3.05, 3.63) is 0 Å². The average Bonchev–Trinajstić information content (AvgIpc) is 2.17. The van der Waals surface area contributed by atoms with Crippen LogP contribution in [0.25, 0.3) is 0 Å². The third-order valence-electron chi connectivity index (χ3n) is 4.30. The molecule has 0 radical (unpaired) electrons. The third-order valence-corrected chi connectivity index (χ3v) is 5.86. The van der Waals surface area contributed by atoms with Gasteiger partial charge in [-0.25, -0.2) is 0 Å². The van der Waals surface area contributed by atoms with E-state index in [-0.39, 0.29) is 0 Å². The Morgan fingerprint density at radius 1 is 1.20 bits per heavy atom. The molecule has 2 aliphatic carbocycles. The first-order valence-corrected chi connectivity index (χ1v) is 7.21. The van der Waals surface area contributed by atoms with Gasteiger partial charge in [0, 0.05) is 10.2 Å². The summed E-state index contributed by atoms with van der Waals surface area (Å²) in [5.74, 6) is 0.867. The van der Waals surface area contributed by atoms with Gasteiger partial charge >= 0.3 is 0 Å². The van der Waals surface area contributed by atoms with Crippen LogP contribution in [0.4, 0.5) is 0 Å². The first-order valence-electron chi connectivity index (χ1n) is 6.29. The molecule has 2 saturated carbocycles. The fraction of sp³-hybridized carbons (Fsp3) is 1.00. The molecule has 0 heterocycles. The van der Waals surface area contributed by atoms with Gasteiger partial charge in [0.1, 0.15) is 0 Å². The second-order valence-corrected chi connectivity index (χ2v) is 7.15. The molecule has 0 N–H and O–H groups in total. The van der Waals surface area contributed by atoms with Gasteiger partial charge in [-0.2, -0.15) is 0 Å². The van der Waals surface area contributed by atoms with Crippen LogP contribution in [0.15, 0.2) is 0 Å². The van der Waals surface area contributed by atoms with Crippen molar-refractivity contribution in [1.29, 1.82) is 0 Å².